The zero-order chi connectivity index (χ0) is 17.8. The maximum absolute atomic E-state index is 12.2. The van der Waals surface area contributed by atoms with Gasteiger partial charge in [-0.25, -0.2) is 0 Å². The maximum Gasteiger partial charge on any atom is 0.262 e. The van der Waals surface area contributed by atoms with Crippen LogP contribution < -0.4 is 5.32 Å². The van der Waals surface area contributed by atoms with Crippen LogP contribution in [0.5, 0.6) is 0 Å². The first kappa shape index (κ1) is 16.9. The number of nitrogens with zero attached hydrogens (tertiary/aromatic N) is 1. The molecule has 0 saturated carbocycles. The second-order valence-corrected chi connectivity index (χ2v) is 6.09. The van der Waals surface area contributed by atoms with Gasteiger partial charge in [0, 0.05) is 6.54 Å². The first-order valence-electron chi connectivity index (χ1n) is 8.40. The fraction of sp³-hybridized carbons (Fsp3) is 0.250. The predicted octanol–water partition coefficient (Wildman–Crippen LogP) is 2.55. The number of hydrogen-bond donors (Lipinski definition) is 1. The third-order valence-corrected chi connectivity index (χ3v) is 4.23. The molecule has 0 unspecified atom stereocenters. The molecule has 0 aromatic heterocycles. The number of nitrogens with one attached hydrogen (secondary N) is 1. The summed E-state index contributed by atoms with van der Waals surface area (Å²) >= 11 is 0. The van der Waals surface area contributed by atoms with Gasteiger partial charge in [-0.1, -0.05) is 49.7 Å². The molecule has 1 aliphatic heterocycles. The first-order valence-corrected chi connectivity index (χ1v) is 8.40. The van der Waals surface area contributed by atoms with Crippen molar-refractivity contribution in [2.24, 2.45) is 0 Å². The molecule has 3 amide bonds. The van der Waals surface area contributed by atoms with Crippen molar-refractivity contribution in [2.45, 2.75) is 26.3 Å². The Bertz CT molecular complexity index is 777. The van der Waals surface area contributed by atoms with Crippen LogP contribution in [0.15, 0.2) is 48.5 Å². The van der Waals surface area contributed by atoms with E-state index in [1.54, 1.807) is 24.3 Å². The minimum atomic E-state index is -0.417. The SMILES string of the molecule is CCCc1ccc(CNC(=O)CN2C(=O)c3ccccc3C2=O)cc1. The Morgan fingerprint density at radius 3 is 2.04 bits per heavy atom. The van der Waals surface area contributed by atoms with E-state index >= 15 is 0 Å². The number of imide groups is 1. The molecule has 1 aliphatic rings. The monoisotopic (exact) mass is 336 g/mol. The lowest BCUT2D eigenvalue weighted by Crippen LogP contribution is -2.40. The molecule has 3 rings (SSSR count). The molecule has 5 heteroatoms. The fourth-order valence-electron chi connectivity index (χ4n) is 2.90. The normalized spacial score (nSPS) is 13.1. The van der Waals surface area contributed by atoms with Gasteiger partial charge in [0.05, 0.1) is 11.1 Å². The number of amides is 3. The summed E-state index contributed by atoms with van der Waals surface area (Å²) in [5, 5.41) is 2.76. The largest absolute Gasteiger partial charge is 0.350 e. The first-order chi connectivity index (χ1) is 12.1. The van der Waals surface area contributed by atoms with Gasteiger partial charge in [-0.05, 0) is 29.7 Å². The number of carbonyl (C=O) groups is 3. The second-order valence-electron chi connectivity index (χ2n) is 6.09. The summed E-state index contributed by atoms with van der Waals surface area (Å²) in [5.74, 6) is -1.19. The van der Waals surface area contributed by atoms with Gasteiger partial charge in [0.2, 0.25) is 5.91 Å². The van der Waals surface area contributed by atoms with Gasteiger partial charge in [-0.15, -0.1) is 0 Å². The topological polar surface area (TPSA) is 66.5 Å². The molecule has 1 heterocycles. The molecule has 1 N–H and O–H groups in total. The van der Waals surface area contributed by atoms with E-state index in [-0.39, 0.29) is 12.5 Å². The standard InChI is InChI=1S/C20H20N2O3/c1-2-5-14-8-10-15(11-9-14)12-21-18(23)13-22-19(24)16-6-3-4-7-17(16)20(22)25/h3-4,6-11H,2,5,12-13H2,1H3,(H,21,23). The van der Waals surface area contributed by atoms with Crippen LogP contribution in [0.25, 0.3) is 0 Å². The zero-order valence-corrected chi connectivity index (χ0v) is 14.1. The Kier molecular flexibility index (Phi) is 4.93. The summed E-state index contributed by atoms with van der Waals surface area (Å²) < 4.78 is 0. The van der Waals surface area contributed by atoms with Crippen LogP contribution in [-0.2, 0) is 17.8 Å². The average molecular weight is 336 g/mol. The molecular formula is C20H20N2O3. The van der Waals surface area contributed by atoms with Gasteiger partial charge in [0.25, 0.3) is 11.8 Å². The number of hydrogen-bond acceptors (Lipinski definition) is 3. The summed E-state index contributed by atoms with van der Waals surface area (Å²) in [6.45, 7) is 2.24. The molecule has 0 radical (unpaired) electrons. The molecule has 0 atom stereocenters. The van der Waals surface area contributed by atoms with E-state index in [2.05, 4.69) is 24.4 Å². The Morgan fingerprint density at radius 1 is 0.920 bits per heavy atom. The number of rotatable bonds is 6. The van der Waals surface area contributed by atoms with E-state index in [0.29, 0.717) is 17.7 Å². The van der Waals surface area contributed by atoms with Crippen molar-refractivity contribution >= 4 is 17.7 Å². The highest BCUT2D eigenvalue weighted by molar-refractivity contribution is 6.22. The highest BCUT2D eigenvalue weighted by Crippen LogP contribution is 2.21. The Hall–Kier alpha value is -2.95. The third kappa shape index (κ3) is 3.60. The number of aryl methyl sites for hydroxylation is 1. The number of fused-ring (bicyclic) bond motifs is 1. The van der Waals surface area contributed by atoms with E-state index in [0.717, 1.165) is 23.3 Å². The van der Waals surface area contributed by atoms with Gasteiger partial charge in [-0.3, -0.25) is 19.3 Å². The summed E-state index contributed by atoms with van der Waals surface area (Å²) in [5.41, 5.74) is 2.96. The van der Waals surface area contributed by atoms with Crippen molar-refractivity contribution in [3.63, 3.8) is 0 Å². The van der Waals surface area contributed by atoms with Crippen LogP contribution in [0.2, 0.25) is 0 Å². The van der Waals surface area contributed by atoms with Crippen molar-refractivity contribution in [1.82, 2.24) is 10.2 Å². The lowest BCUT2D eigenvalue weighted by molar-refractivity contribution is -0.121. The van der Waals surface area contributed by atoms with Gasteiger partial charge < -0.3 is 5.32 Å². The van der Waals surface area contributed by atoms with Crippen LogP contribution in [0.4, 0.5) is 0 Å². The van der Waals surface area contributed by atoms with Crippen LogP contribution in [-0.4, -0.2) is 29.2 Å². The Labute approximate surface area is 146 Å². The molecule has 5 nitrogen and oxygen atoms in total. The van der Waals surface area contributed by atoms with Crippen LogP contribution in [0, 0.1) is 0 Å². The molecule has 0 saturated heterocycles. The minimum Gasteiger partial charge on any atom is -0.350 e. The molecule has 2 aromatic carbocycles. The highest BCUT2D eigenvalue weighted by atomic mass is 16.2. The predicted molar refractivity (Wildman–Crippen MR) is 94.1 cm³/mol. The van der Waals surface area contributed by atoms with Gasteiger partial charge in [0.15, 0.2) is 0 Å². The van der Waals surface area contributed by atoms with Gasteiger partial charge in [0.1, 0.15) is 6.54 Å². The second kappa shape index (κ2) is 7.30. The smallest absolute Gasteiger partial charge is 0.262 e. The lowest BCUT2D eigenvalue weighted by Gasteiger charge is -2.13. The van der Waals surface area contributed by atoms with Crippen LogP contribution >= 0.6 is 0 Å². The van der Waals surface area contributed by atoms with E-state index < -0.39 is 11.8 Å². The highest BCUT2D eigenvalue weighted by Gasteiger charge is 2.36. The average Bonchev–Trinajstić information content (AvgIpc) is 2.87. The van der Waals surface area contributed by atoms with E-state index in [1.807, 2.05) is 12.1 Å². The summed E-state index contributed by atoms with van der Waals surface area (Å²) in [6, 6.07) is 14.7. The van der Waals surface area contributed by atoms with E-state index in [9.17, 15) is 14.4 Å². The van der Waals surface area contributed by atoms with Crippen molar-refractivity contribution in [3.05, 3.63) is 70.8 Å². The van der Waals surface area contributed by atoms with E-state index in [4.69, 9.17) is 0 Å². The lowest BCUT2D eigenvalue weighted by atomic mass is 10.1. The minimum absolute atomic E-state index is 0.264. The third-order valence-electron chi connectivity index (χ3n) is 4.23. The fourth-order valence-corrected chi connectivity index (χ4v) is 2.90. The quantitative estimate of drug-likeness (QED) is 0.825. The van der Waals surface area contributed by atoms with Crippen LogP contribution in [0.3, 0.4) is 0 Å². The number of benzene rings is 2. The summed E-state index contributed by atoms with van der Waals surface area (Å²) in [7, 11) is 0. The Balaban J connectivity index is 1.56. The van der Waals surface area contributed by atoms with Crippen LogP contribution in [0.1, 0.15) is 45.2 Å². The van der Waals surface area contributed by atoms with Crippen molar-refractivity contribution in [2.75, 3.05) is 6.54 Å². The van der Waals surface area contributed by atoms with E-state index in [1.165, 1.54) is 5.56 Å². The molecule has 2 aromatic rings. The summed E-state index contributed by atoms with van der Waals surface area (Å²) in [6.07, 6.45) is 2.13. The van der Waals surface area contributed by atoms with Crippen molar-refractivity contribution < 1.29 is 14.4 Å². The summed E-state index contributed by atoms with van der Waals surface area (Å²) in [4.78, 5) is 37.6. The molecule has 0 fully saturated rings. The molecular weight excluding hydrogens is 316 g/mol. The molecule has 25 heavy (non-hydrogen) atoms. The molecule has 0 bridgehead atoms. The van der Waals surface area contributed by atoms with Crippen molar-refractivity contribution in [1.29, 1.82) is 0 Å². The Morgan fingerprint density at radius 2 is 1.48 bits per heavy atom. The maximum atomic E-state index is 12.2. The molecule has 0 spiro atoms. The molecule has 0 aliphatic carbocycles. The molecule has 128 valence electrons. The van der Waals surface area contributed by atoms with Gasteiger partial charge >= 0.3 is 0 Å². The van der Waals surface area contributed by atoms with Crippen molar-refractivity contribution in [3.8, 4) is 0 Å². The van der Waals surface area contributed by atoms with Gasteiger partial charge in [-0.2, -0.15) is 0 Å². The zero-order valence-electron chi connectivity index (χ0n) is 14.1. The number of carbonyl (C=O) groups excluding carboxylic acids is 3.